The van der Waals surface area contributed by atoms with Crippen molar-refractivity contribution in [2.45, 2.75) is 0 Å². The molecule has 2 aromatic rings. The predicted molar refractivity (Wildman–Crippen MR) is 79.6 cm³/mol. The summed E-state index contributed by atoms with van der Waals surface area (Å²) >= 11 is 25.3. The van der Waals surface area contributed by atoms with Gasteiger partial charge in [-0.05, 0) is 22.5 Å². The van der Waals surface area contributed by atoms with Crippen molar-refractivity contribution in [3.63, 3.8) is 0 Å². The van der Waals surface area contributed by atoms with Crippen molar-refractivity contribution < 1.29 is 0 Å². The second kappa shape index (κ2) is 5.21. The summed E-state index contributed by atoms with van der Waals surface area (Å²) in [4.78, 5) is 0. The highest BCUT2D eigenvalue weighted by molar-refractivity contribution is 7.56. The lowest BCUT2D eigenvalue weighted by atomic mass is 10.4. The quantitative estimate of drug-likeness (QED) is 0.578. The third-order valence-electron chi connectivity index (χ3n) is 2.42. The molecule has 88 valence electrons. The van der Waals surface area contributed by atoms with Crippen LogP contribution in [-0.2, 0) is 0 Å². The third kappa shape index (κ3) is 2.64. The maximum absolute atomic E-state index is 6.53. The molecule has 0 radical (unpaired) electrons. The smallest absolute Gasteiger partial charge is 0.133 e. The van der Waals surface area contributed by atoms with Gasteiger partial charge in [0, 0.05) is 10.0 Å². The molecule has 0 aromatic heterocycles. The second-order valence-electron chi connectivity index (χ2n) is 3.53. The highest BCUT2D eigenvalue weighted by atomic mass is 35.7. The standard InChI is InChI=1S/C12H8Cl4Si/c13-9-5-1-3-7-11(9)17(15,16)12-8-4-2-6-10(12)14/h1-8H. The zero-order valence-corrected chi connectivity index (χ0v) is 12.7. The van der Waals surface area contributed by atoms with E-state index in [2.05, 4.69) is 0 Å². The summed E-state index contributed by atoms with van der Waals surface area (Å²) in [6.45, 7) is -2.86. The molecule has 0 amide bonds. The van der Waals surface area contributed by atoms with Crippen molar-refractivity contribution in [2.24, 2.45) is 0 Å². The number of hydrogen-bond donors (Lipinski definition) is 0. The molecule has 5 heteroatoms. The van der Waals surface area contributed by atoms with Gasteiger partial charge in [-0.25, -0.2) is 0 Å². The average Bonchev–Trinajstić information content (AvgIpc) is 2.29. The fourth-order valence-electron chi connectivity index (χ4n) is 1.58. The lowest BCUT2D eigenvalue weighted by Gasteiger charge is -2.20. The molecule has 0 saturated heterocycles. The molecule has 0 unspecified atom stereocenters. The van der Waals surface area contributed by atoms with Crippen LogP contribution in [-0.4, -0.2) is 6.69 Å². The number of rotatable bonds is 2. The average molecular weight is 322 g/mol. The normalized spacial score (nSPS) is 11.5. The molecule has 0 aliphatic heterocycles. The van der Waals surface area contributed by atoms with Crippen molar-refractivity contribution in [1.29, 1.82) is 0 Å². The minimum Gasteiger partial charge on any atom is -0.133 e. The Morgan fingerprint density at radius 2 is 1.00 bits per heavy atom. The van der Waals surface area contributed by atoms with E-state index >= 15 is 0 Å². The van der Waals surface area contributed by atoms with Crippen LogP contribution in [0.15, 0.2) is 48.5 Å². The third-order valence-corrected chi connectivity index (χ3v) is 8.07. The van der Waals surface area contributed by atoms with Crippen molar-refractivity contribution in [1.82, 2.24) is 0 Å². The maximum Gasteiger partial charge on any atom is 0.313 e. The maximum atomic E-state index is 6.53. The summed E-state index contributed by atoms with van der Waals surface area (Å²) in [6.07, 6.45) is 0. The van der Waals surface area contributed by atoms with Crippen LogP contribution >= 0.6 is 45.4 Å². The van der Waals surface area contributed by atoms with Crippen LogP contribution in [0.2, 0.25) is 10.0 Å². The Kier molecular flexibility index (Phi) is 4.06. The van der Waals surface area contributed by atoms with E-state index in [1.165, 1.54) is 0 Å². The van der Waals surface area contributed by atoms with Crippen LogP contribution in [0.25, 0.3) is 0 Å². The Hall–Kier alpha value is -0.183. The Bertz CT molecular complexity index is 492. The van der Waals surface area contributed by atoms with Crippen LogP contribution in [0.5, 0.6) is 0 Å². The summed E-state index contributed by atoms with van der Waals surface area (Å²) < 4.78 is 0. The number of halogens is 4. The summed E-state index contributed by atoms with van der Waals surface area (Å²) in [5.74, 6) is 0. The first-order valence-electron chi connectivity index (χ1n) is 4.91. The molecule has 0 atom stereocenters. The van der Waals surface area contributed by atoms with Crippen LogP contribution in [0.3, 0.4) is 0 Å². The molecule has 0 N–H and O–H groups in total. The zero-order chi connectivity index (χ0) is 12.5. The topological polar surface area (TPSA) is 0 Å². The van der Waals surface area contributed by atoms with Gasteiger partial charge >= 0.3 is 6.69 Å². The molecular formula is C12H8Cl4Si. The molecule has 0 aliphatic rings. The summed E-state index contributed by atoms with van der Waals surface area (Å²) in [6, 6.07) is 14.7. The van der Waals surface area contributed by atoms with Crippen LogP contribution in [0, 0.1) is 0 Å². The molecule has 0 fully saturated rings. The fourth-order valence-corrected chi connectivity index (χ4v) is 6.92. The van der Waals surface area contributed by atoms with Crippen LogP contribution < -0.4 is 10.4 Å². The van der Waals surface area contributed by atoms with E-state index < -0.39 is 6.69 Å². The van der Waals surface area contributed by atoms with E-state index in [1.54, 1.807) is 12.1 Å². The molecule has 2 rings (SSSR count). The highest BCUT2D eigenvalue weighted by Crippen LogP contribution is 2.23. The highest BCUT2D eigenvalue weighted by Gasteiger charge is 2.36. The Labute approximate surface area is 120 Å². The van der Waals surface area contributed by atoms with Crippen molar-refractivity contribution >= 4 is 62.4 Å². The summed E-state index contributed by atoms with van der Waals surface area (Å²) in [5, 5.41) is 2.67. The minimum absolute atomic E-state index is 0.573. The van der Waals surface area contributed by atoms with Crippen molar-refractivity contribution in [2.75, 3.05) is 0 Å². The van der Waals surface area contributed by atoms with Gasteiger partial charge in [0.1, 0.15) is 0 Å². The Balaban J connectivity index is 2.58. The summed E-state index contributed by atoms with van der Waals surface area (Å²) in [7, 11) is 0. The zero-order valence-electron chi connectivity index (χ0n) is 8.63. The summed E-state index contributed by atoms with van der Waals surface area (Å²) in [5.41, 5.74) is 0. The van der Waals surface area contributed by atoms with Crippen molar-refractivity contribution in [3.8, 4) is 0 Å². The number of benzene rings is 2. The fraction of sp³-hybridized carbons (Fsp3) is 0. The molecule has 0 aliphatic carbocycles. The second-order valence-corrected chi connectivity index (χ2v) is 10.6. The van der Waals surface area contributed by atoms with E-state index in [-0.39, 0.29) is 0 Å². The van der Waals surface area contributed by atoms with Gasteiger partial charge in [-0.15, -0.1) is 22.2 Å². The van der Waals surface area contributed by atoms with E-state index in [0.717, 1.165) is 10.4 Å². The number of hydrogen-bond acceptors (Lipinski definition) is 0. The van der Waals surface area contributed by atoms with Gasteiger partial charge in [0.05, 0.1) is 0 Å². The molecule has 17 heavy (non-hydrogen) atoms. The molecule has 0 nitrogen and oxygen atoms in total. The van der Waals surface area contributed by atoms with Gasteiger partial charge < -0.3 is 0 Å². The molecule has 0 spiro atoms. The van der Waals surface area contributed by atoms with E-state index in [1.807, 2.05) is 36.4 Å². The van der Waals surface area contributed by atoms with Gasteiger partial charge in [-0.2, -0.15) is 0 Å². The Morgan fingerprint density at radius 3 is 1.35 bits per heavy atom. The minimum atomic E-state index is -2.86. The van der Waals surface area contributed by atoms with Crippen molar-refractivity contribution in [3.05, 3.63) is 58.6 Å². The molecule has 0 saturated carbocycles. The molecule has 2 aromatic carbocycles. The first-order valence-corrected chi connectivity index (χ1v) is 9.69. The molecule has 0 bridgehead atoms. The van der Waals surface area contributed by atoms with Gasteiger partial charge in [-0.3, -0.25) is 0 Å². The van der Waals surface area contributed by atoms with Gasteiger partial charge in [0.25, 0.3) is 0 Å². The molecular weight excluding hydrogens is 314 g/mol. The van der Waals surface area contributed by atoms with E-state index in [9.17, 15) is 0 Å². The lowest BCUT2D eigenvalue weighted by Crippen LogP contribution is -2.49. The van der Waals surface area contributed by atoms with E-state index in [0.29, 0.717) is 10.0 Å². The molecule has 0 heterocycles. The first-order chi connectivity index (χ1) is 8.03. The van der Waals surface area contributed by atoms with Crippen LogP contribution in [0.1, 0.15) is 0 Å². The first kappa shape index (κ1) is 13.3. The van der Waals surface area contributed by atoms with E-state index in [4.69, 9.17) is 45.4 Å². The lowest BCUT2D eigenvalue weighted by molar-refractivity contribution is 1.73. The monoisotopic (exact) mass is 320 g/mol. The SMILES string of the molecule is Clc1ccccc1[Si](Cl)(Cl)c1ccccc1Cl. The van der Waals surface area contributed by atoms with Gasteiger partial charge in [-0.1, -0.05) is 59.6 Å². The van der Waals surface area contributed by atoms with Gasteiger partial charge in [0.15, 0.2) is 0 Å². The largest absolute Gasteiger partial charge is 0.313 e. The van der Waals surface area contributed by atoms with Gasteiger partial charge in [0.2, 0.25) is 0 Å². The van der Waals surface area contributed by atoms with Crippen LogP contribution in [0.4, 0.5) is 0 Å². The predicted octanol–water partition coefficient (Wildman–Crippen LogP) is 4.03. The Morgan fingerprint density at radius 1 is 0.647 bits per heavy atom.